The molecule has 1 aliphatic rings. The average Bonchev–Trinajstić information content (AvgIpc) is 3.09. The number of nitrogens with zero attached hydrogens (tertiary/aromatic N) is 1. The van der Waals surface area contributed by atoms with E-state index in [1.165, 1.54) is 0 Å². The number of likely N-dealkylation sites (tertiary alicyclic amines) is 1. The molecule has 1 atom stereocenters. The number of furan rings is 1. The molecule has 5 nitrogen and oxygen atoms in total. The smallest absolute Gasteiger partial charge is 0.240 e. The van der Waals surface area contributed by atoms with E-state index < -0.39 is 26.6 Å². The van der Waals surface area contributed by atoms with Crippen molar-refractivity contribution in [3.63, 3.8) is 0 Å². The van der Waals surface area contributed by atoms with Gasteiger partial charge in [-0.3, -0.25) is 4.90 Å². The maximum atomic E-state index is 13.3. The molecule has 1 unspecified atom stereocenters. The number of sulfonamides is 1. The Morgan fingerprint density at radius 3 is 2.40 bits per heavy atom. The van der Waals surface area contributed by atoms with Crippen molar-refractivity contribution in [3.05, 3.63) is 54.0 Å². The molecule has 1 aliphatic heterocycles. The lowest BCUT2D eigenvalue weighted by Crippen LogP contribution is -2.40. The SMILES string of the molecule is O=S(=O)(NCC(c1ccco1)N1CCCCC1)c1cc(F)cc(F)c1. The second kappa shape index (κ2) is 7.63. The number of piperidine rings is 1. The zero-order valence-electron chi connectivity index (χ0n) is 13.6. The van der Waals surface area contributed by atoms with E-state index in [1.54, 1.807) is 18.4 Å². The third kappa shape index (κ3) is 4.45. The molecule has 0 bridgehead atoms. The summed E-state index contributed by atoms with van der Waals surface area (Å²) in [6, 6.07) is 5.53. The summed E-state index contributed by atoms with van der Waals surface area (Å²) in [4.78, 5) is 1.73. The summed E-state index contributed by atoms with van der Waals surface area (Å²) >= 11 is 0. The number of halogens is 2. The van der Waals surface area contributed by atoms with Crippen molar-refractivity contribution in [1.29, 1.82) is 0 Å². The van der Waals surface area contributed by atoms with Crippen molar-refractivity contribution in [1.82, 2.24) is 9.62 Å². The molecule has 2 heterocycles. The maximum Gasteiger partial charge on any atom is 0.240 e. The van der Waals surface area contributed by atoms with Gasteiger partial charge in [-0.1, -0.05) is 6.42 Å². The third-order valence-corrected chi connectivity index (χ3v) is 5.72. The Bertz CT molecular complexity index is 783. The van der Waals surface area contributed by atoms with Crippen LogP contribution in [0.15, 0.2) is 45.9 Å². The molecule has 0 spiro atoms. The van der Waals surface area contributed by atoms with Gasteiger partial charge in [0.25, 0.3) is 0 Å². The van der Waals surface area contributed by atoms with Crippen LogP contribution in [0, 0.1) is 11.6 Å². The van der Waals surface area contributed by atoms with Gasteiger partial charge in [-0.2, -0.15) is 0 Å². The van der Waals surface area contributed by atoms with E-state index in [2.05, 4.69) is 9.62 Å². The lowest BCUT2D eigenvalue weighted by molar-refractivity contribution is 0.147. The predicted molar refractivity (Wildman–Crippen MR) is 88.4 cm³/mol. The van der Waals surface area contributed by atoms with Crippen molar-refractivity contribution in [2.45, 2.75) is 30.2 Å². The van der Waals surface area contributed by atoms with Crippen LogP contribution in [0.1, 0.15) is 31.1 Å². The van der Waals surface area contributed by atoms with Crippen LogP contribution in [0.5, 0.6) is 0 Å². The number of rotatable bonds is 6. The van der Waals surface area contributed by atoms with E-state index in [0.717, 1.165) is 44.5 Å². The second-order valence-corrected chi connectivity index (χ2v) is 7.85. The molecule has 0 amide bonds. The molecule has 1 fully saturated rings. The average molecular weight is 370 g/mol. The first-order chi connectivity index (χ1) is 12.0. The number of nitrogens with one attached hydrogen (secondary N) is 1. The fraction of sp³-hybridized carbons (Fsp3) is 0.412. The topological polar surface area (TPSA) is 62.6 Å². The van der Waals surface area contributed by atoms with Gasteiger partial charge in [0.05, 0.1) is 17.2 Å². The molecule has 1 aromatic heterocycles. The molecule has 8 heteroatoms. The molecular formula is C17H20F2N2O3S. The third-order valence-electron chi connectivity index (χ3n) is 4.32. The highest BCUT2D eigenvalue weighted by Gasteiger charge is 2.27. The lowest BCUT2D eigenvalue weighted by Gasteiger charge is -2.33. The molecule has 0 radical (unpaired) electrons. The Labute approximate surface area is 145 Å². The van der Waals surface area contributed by atoms with E-state index in [9.17, 15) is 17.2 Å². The predicted octanol–water partition coefficient (Wildman–Crippen LogP) is 3.06. The summed E-state index contributed by atoms with van der Waals surface area (Å²) in [5, 5.41) is 0. The van der Waals surface area contributed by atoms with E-state index in [1.807, 2.05) is 0 Å². The molecule has 1 aromatic carbocycles. The first kappa shape index (κ1) is 18.0. The first-order valence-corrected chi connectivity index (χ1v) is 9.67. The minimum atomic E-state index is -4.03. The fourth-order valence-corrected chi connectivity index (χ4v) is 4.16. The number of hydrogen-bond acceptors (Lipinski definition) is 4. The van der Waals surface area contributed by atoms with Gasteiger partial charge >= 0.3 is 0 Å². The number of hydrogen-bond donors (Lipinski definition) is 1. The van der Waals surface area contributed by atoms with Crippen molar-refractivity contribution < 1.29 is 21.6 Å². The largest absolute Gasteiger partial charge is 0.468 e. The van der Waals surface area contributed by atoms with Gasteiger partial charge in [-0.15, -0.1) is 0 Å². The van der Waals surface area contributed by atoms with Crippen LogP contribution in [0.2, 0.25) is 0 Å². The van der Waals surface area contributed by atoms with Crippen LogP contribution in [-0.2, 0) is 10.0 Å². The highest BCUT2D eigenvalue weighted by molar-refractivity contribution is 7.89. The van der Waals surface area contributed by atoms with E-state index in [-0.39, 0.29) is 12.6 Å². The quantitative estimate of drug-likeness (QED) is 0.849. The highest BCUT2D eigenvalue weighted by atomic mass is 32.2. The van der Waals surface area contributed by atoms with Crippen LogP contribution in [0.4, 0.5) is 8.78 Å². The van der Waals surface area contributed by atoms with Crippen molar-refractivity contribution in [2.75, 3.05) is 19.6 Å². The zero-order valence-corrected chi connectivity index (χ0v) is 14.4. The van der Waals surface area contributed by atoms with Gasteiger partial charge in [0.15, 0.2) is 0 Å². The van der Waals surface area contributed by atoms with E-state index in [0.29, 0.717) is 11.8 Å². The van der Waals surface area contributed by atoms with Gasteiger partial charge in [0, 0.05) is 12.6 Å². The van der Waals surface area contributed by atoms with E-state index in [4.69, 9.17) is 4.42 Å². The monoisotopic (exact) mass is 370 g/mol. The molecule has 2 aromatic rings. The summed E-state index contributed by atoms with van der Waals surface area (Å²) in [7, 11) is -4.03. The molecule has 1 saturated heterocycles. The molecule has 3 rings (SSSR count). The van der Waals surface area contributed by atoms with Crippen molar-refractivity contribution in [3.8, 4) is 0 Å². The van der Waals surface area contributed by atoms with Crippen molar-refractivity contribution in [2.24, 2.45) is 0 Å². The number of benzene rings is 1. The summed E-state index contributed by atoms with van der Waals surface area (Å²) in [5.41, 5.74) is 0. The minimum Gasteiger partial charge on any atom is -0.468 e. The van der Waals surface area contributed by atoms with Gasteiger partial charge in [0.1, 0.15) is 17.4 Å². The van der Waals surface area contributed by atoms with Gasteiger partial charge in [-0.05, 0) is 50.2 Å². The summed E-state index contributed by atoms with van der Waals surface area (Å²) in [6.07, 6.45) is 4.77. The van der Waals surface area contributed by atoms with Crippen LogP contribution >= 0.6 is 0 Å². The van der Waals surface area contributed by atoms with Crippen molar-refractivity contribution >= 4 is 10.0 Å². The molecule has 0 aliphatic carbocycles. The highest BCUT2D eigenvalue weighted by Crippen LogP contribution is 2.25. The Morgan fingerprint density at radius 1 is 1.12 bits per heavy atom. The van der Waals surface area contributed by atoms with Crippen LogP contribution in [-0.4, -0.2) is 33.0 Å². The molecule has 0 saturated carbocycles. The Hall–Kier alpha value is -1.77. The minimum absolute atomic E-state index is 0.0635. The van der Waals surface area contributed by atoms with Gasteiger partial charge in [0.2, 0.25) is 10.0 Å². The van der Waals surface area contributed by atoms with Crippen LogP contribution < -0.4 is 4.72 Å². The normalized spacial score (nSPS) is 17.5. The zero-order chi connectivity index (χ0) is 17.9. The Morgan fingerprint density at radius 2 is 1.80 bits per heavy atom. The summed E-state index contributed by atoms with van der Waals surface area (Å²) < 4.78 is 59.3. The standard InChI is InChI=1S/C17H20F2N2O3S/c18-13-9-14(19)11-15(10-13)25(22,23)20-12-16(17-5-4-8-24-17)21-6-2-1-3-7-21/h4-5,8-11,16,20H,1-3,6-7,12H2. The van der Waals surface area contributed by atoms with E-state index >= 15 is 0 Å². The Kier molecular flexibility index (Phi) is 5.51. The summed E-state index contributed by atoms with van der Waals surface area (Å²) in [5.74, 6) is -1.20. The van der Waals surface area contributed by atoms with Crippen LogP contribution in [0.3, 0.4) is 0 Å². The lowest BCUT2D eigenvalue weighted by atomic mass is 10.1. The first-order valence-electron chi connectivity index (χ1n) is 8.19. The van der Waals surface area contributed by atoms with Gasteiger partial charge in [-0.25, -0.2) is 21.9 Å². The molecule has 25 heavy (non-hydrogen) atoms. The molecular weight excluding hydrogens is 350 g/mol. The second-order valence-electron chi connectivity index (χ2n) is 6.08. The van der Waals surface area contributed by atoms with Crippen LogP contribution in [0.25, 0.3) is 0 Å². The maximum absolute atomic E-state index is 13.3. The molecule has 136 valence electrons. The molecule has 1 N–H and O–H groups in total. The Balaban J connectivity index is 1.78. The van der Waals surface area contributed by atoms with Gasteiger partial charge < -0.3 is 4.42 Å². The fourth-order valence-electron chi connectivity index (χ4n) is 3.08. The summed E-state index contributed by atoms with van der Waals surface area (Å²) in [6.45, 7) is 1.76.